The summed E-state index contributed by atoms with van der Waals surface area (Å²) in [5, 5.41) is 0. The van der Waals surface area contributed by atoms with Gasteiger partial charge in [-0.1, -0.05) is 13.8 Å². The number of hydrogen-bond donors (Lipinski definition) is 1. The quantitative estimate of drug-likeness (QED) is 0.794. The van der Waals surface area contributed by atoms with E-state index in [1.54, 1.807) is 6.33 Å². The maximum absolute atomic E-state index is 11.5. The Morgan fingerprint density at radius 2 is 2.17 bits per heavy atom. The van der Waals surface area contributed by atoms with Crippen molar-refractivity contribution in [2.45, 2.75) is 19.9 Å². The van der Waals surface area contributed by atoms with E-state index in [1.165, 1.54) is 7.11 Å². The van der Waals surface area contributed by atoms with Crippen LogP contribution in [0.1, 0.15) is 30.4 Å². The third kappa shape index (κ3) is 3.01. The van der Waals surface area contributed by atoms with Crippen molar-refractivity contribution in [2.24, 2.45) is 5.92 Å². The zero-order chi connectivity index (χ0) is 13.9. The highest BCUT2D eigenvalue weighted by atomic mass is 16.5. The predicted octanol–water partition coefficient (Wildman–Crippen LogP) is 1.01. The molecule has 1 aromatic rings. The number of methoxy groups -OCH3 is 1. The molecule has 1 atom stereocenters. The number of esters is 1. The molecule has 1 unspecified atom stereocenters. The Hall–Kier alpha value is -1.56. The first-order valence-corrected chi connectivity index (χ1v) is 5.93. The second kappa shape index (κ2) is 5.86. The number of nitrogens with zero attached hydrogens (tertiary/aromatic N) is 3. The van der Waals surface area contributed by atoms with Crippen molar-refractivity contribution in [3.05, 3.63) is 12.0 Å². The van der Waals surface area contributed by atoms with Crippen molar-refractivity contribution in [3.8, 4) is 0 Å². The van der Waals surface area contributed by atoms with Crippen LogP contribution in [0.15, 0.2) is 6.33 Å². The molecular weight excluding hydrogens is 232 g/mol. The Morgan fingerprint density at radius 3 is 2.61 bits per heavy atom. The normalized spacial score (nSPS) is 13.1. The maximum Gasteiger partial charge on any atom is 0.360 e. The lowest BCUT2D eigenvalue weighted by Crippen LogP contribution is -2.28. The number of likely N-dealkylation sites (N-methyl/N-ethyl adjacent to an activating group) is 1. The Morgan fingerprint density at radius 1 is 1.56 bits per heavy atom. The highest BCUT2D eigenvalue weighted by molar-refractivity contribution is 5.92. The Kier molecular flexibility index (Phi) is 4.72. The lowest BCUT2D eigenvalue weighted by molar-refractivity contribution is 0.0596. The van der Waals surface area contributed by atoms with Crippen LogP contribution in [0.5, 0.6) is 0 Å². The number of nitrogen functional groups attached to an aromatic ring is 1. The monoisotopic (exact) mass is 254 g/mol. The van der Waals surface area contributed by atoms with Crippen LogP contribution in [-0.4, -0.2) is 48.2 Å². The third-order valence-corrected chi connectivity index (χ3v) is 2.89. The Bertz CT molecular complexity index is 412. The molecule has 0 fully saturated rings. The largest absolute Gasteiger partial charge is 0.464 e. The van der Waals surface area contributed by atoms with Gasteiger partial charge in [-0.3, -0.25) is 0 Å². The van der Waals surface area contributed by atoms with Gasteiger partial charge in [0.1, 0.15) is 5.82 Å². The summed E-state index contributed by atoms with van der Waals surface area (Å²) in [5.74, 6) is 0.246. The van der Waals surface area contributed by atoms with Crippen LogP contribution < -0.4 is 5.73 Å². The second-order valence-corrected chi connectivity index (χ2v) is 4.95. The molecule has 102 valence electrons. The number of ether oxygens (including phenoxy) is 1. The molecule has 6 nitrogen and oxygen atoms in total. The minimum atomic E-state index is -0.501. The summed E-state index contributed by atoms with van der Waals surface area (Å²) in [6.07, 6.45) is 1.61. The van der Waals surface area contributed by atoms with Gasteiger partial charge in [-0.2, -0.15) is 0 Å². The van der Waals surface area contributed by atoms with Gasteiger partial charge in [0.25, 0.3) is 0 Å². The number of hydrogen-bond acceptors (Lipinski definition) is 5. The number of imidazole rings is 1. The molecule has 2 N–H and O–H groups in total. The molecule has 6 heteroatoms. The van der Waals surface area contributed by atoms with Gasteiger partial charge >= 0.3 is 5.97 Å². The number of carbonyl (C=O) groups excluding carboxylic acids is 1. The molecule has 0 spiro atoms. The smallest absolute Gasteiger partial charge is 0.360 e. The topological polar surface area (TPSA) is 73.4 Å². The third-order valence-electron chi connectivity index (χ3n) is 2.89. The molecule has 1 rings (SSSR count). The summed E-state index contributed by atoms with van der Waals surface area (Å²) in [5.41, 5.74) is 6.16. The molecule has 0 aliphatic heterocycles. The minimum absolute atomic E-state index is 0.172. The SMILES string of the molecule is COC(=O)c1ncn(C(CN(C)C)C(C)C)c1N. The van der Waals surface area contributed by atoms with Gasteiger partial charge in [-0.15, -0.1) is 0 Å². The van der Waals surface area contributed by atoms with Crippen molar-refractivity contribution < 1.29 is 9.53 Å². The second-order valence-electron chi connectivity index (χ2n) is 4.95. The molecule has 1 heterocycles. The number of anilines is 1. The Labute approximate surface area is 108 Å². The molecule has 0 aliphatic rings. The zero-order valence-electron chi connectivity index (χ0n) is 11.7. The standard InChI is InChI=1S/C12H22N4O2/c1-8(2)9(6-15(3)4)16-7-14-10(11(16)13)12(17)18-5/h7-9H,6,13H2,1-5H3. The molecule has 0 saturated heterocycles. The van der Waals surface area contributed by atoms with E-state index in [4.69, 9.17) is 5.73 Å². The van der Waals surface area contributed by atoms with E-state index < -0.39 is 5.97 Å². The van der Waals surface area contributed by atoms with Crippen LogP contribution >= 0.6 is 0 Å². The van der Waals surface area contributed by atoms with Crippen LogP contribution in [0.3, 0.4) is 0 Å². The van der Waals surface area contributed by atoms with Crippen LogP contribution in [0.4, 0.5) is 5.82 Å². The fraction of sp³-hybridized carbons (Fsp3) is 0.667. The summed E-state index contributed by atoms with van der Waals surface area (Å²) in [7, 11) is 5.33. The first kappa shape index (κ1) is 14.5. The van der Waals surface area contributed by atoms with Crippen molar-refractivity contribution in [1.29, 1.82) is 0 Å². The predicted molar refractivity (Wildman–Crippen MR) is 70.4 cm³/mol. The molecule has 18 heavy (non-hydrogen) atoms. The van der Waals surface area contributed by atoms with Gasteiger partial charge in [0.05, 0.1) is 19.5 Å². The summed E-state index contributed by atoms with van der Waals surface area (Å²) < 4.78 is 6.49. The minimum Gasteiger partial charge on any atom is -0.464 e. The van der Waals surface area contributed by atoms with E-state index in [1.807, 2.05) is 18.7 Å². The average Bonchev–Trinajstić information content (AvgIpc) is 2.66. The summed E-state index contributed by atoms with van der Waals surface area (Å²) in [4.78, 5) is 17.6. The molecule has 0 bridgehead atoms. The maximum atomic E-state index is 11.5. The van der Waals surface area contributed by atoms with E-state index in [0.717, 1.165) is 6.54 Å². The Balaban J connectivity index is 3.06. The van der Waals surface area contributed by atoms with Crippen molar-refractivity contribution >= 4 is 11.8 Å². The lowest BCUT2D eigenvalue weighted by atomic mass is 10.0. The van der Waals surface area contributed by atoms with Crippen molar-refractivity contribution in [1.82, 2.24) is 14.5 Å². The number of nitrogens with two attached hydrogens (primary N) is 1. The van der Waals surface area contributed by atoms with E-state index in [9.17, 15) is 4.79 Å². The van der Waals surface area contributed by atoms with Crippen LogP contribution in [-0.2, 0) is 4.74 Å². The molecular formula is C12H22N4O2. The van der Waals surface area contributed by atoms with Gasteiger partial charge in [0.15, 0.2) is 5.69 Å². The number of rotatable bonds is 5. The van der Waals surface area contributed by atoms with Crippen molar-refractivity contribution in [2.75, 3.05) is 33.5 Å². The van der Waals surface area contributed by atoms with E-state index in [-0.39, 0.29) is 11.7 Å². The summed E-state index contributed by atoms with van der Waals surface area (Å²) in [6.45, 7) is 5.07. The fourth-order valence-corrected chi connectivity index (χ4v) is 1.88. The highest BCUT2D eigenvalue weighted by Crippen LogP contribution is 2.24. The van der Waals surface area contributed by atoms with Gasteiger partial charge in [-0.25, -0.2) is 9.78 Å². The first-order chi connectivity index (χ1) is 8.38. The van der Waals surface area contributed by atoms with Gasteiger partial charge in [0, 0.05) is 6.54 Å². The summed E-state index contributed by atoms with van der Waals surface area (Å²) in [6, 6.07) is 0.172. The molecule has 0 aromatic carbocycles. The first-order valence-electron chi connectivity index (χ1n) is 5.93. The van der Waals surface area contributed by atoms with Gasteiger partial charge in [0.2, 0.25) is 0 Å². The van der Waals surface area contributed by atoms with Crippen molar-refractivity contribution in [3.63, 3.8) is 0 Å². The average molecular weight is 254 g/mol. The number of carbonyl (C=O) groups is 1. The number of aromatic nitrogens is 2. The lowest BCUT2D eigenvalue weighted by Gasteiger charge is -2.26. The molecule has 1 aromatic heterocycles. The van der Waals surface area contributed by atoms with Crippen LogP contribution in [0.2, 0.25) is 0 Å². The highest BCUT2D eigenvalue weighted by Gasteiger charge is 2.23. The van der Waals surface area contributed by atoms with E-state index >= 15 is 0 Å². The summed E-state index contributed by atoms with van der Waals surface area (Å²) >= 11 is 0. The molecule has 0 aliphatic carbocycles. The van der Waals surface area contributed by atoms with Gasteiger partial charge in [-0.05, 0) is 20.0 Å². The fourth-order valence-electron chi connectivity index (χ4n) is 1.88. The van der Waals surface area contributed by atoms with E-state index in [2.05, 4.69) is 28.5 Å². The van der Waals surface area contributed by atoms with Crippen LogP contribution in [0, 0.1) is 5.92 Å². The van der Waals surface area contributed by atoms with Gasteiger partial charge < -0.3 is 19.9 Å². The molecule has 0 saturated carbocycles. The van der Waals surface area contributed by atoms with Crippen LogP contribution in [0.25, 0.3) is 0 Å². The zero-order valence-corrected chi connectivity index (χ0v) is 11.7. The van der Waals surface area contributed by atoms with E-state index in [0.29, 0.717) is 11.7 Å². The molecule has 0 radical (unpaired) electrons. The molecule has 0 amide bonds.